The number of unbranched alkanes of at least 4 members (excludes halogenated alkanes) is 2. The number of aliphatic carboxylic acids is 1. The number of fused-ring (bicyclic) bond motifs is 1. The van der Waals surface area contributed by atoms with Gasteiger partial charge in [-0.3, -0.25) is 4.79 Å². The molecule has 7 heteroatoms. The minimum atomic E-state index is -1.31. The second kappa shape index (κ2) is 10.8. The van der Waals surface area contributed by atoms with Gasteiger partial charge in [0.1, 0.15) is 11.3 Å². The maximum absolute atomic E-state index is 12.4. The number of benzene rings is 1. The second-order valence-electron chi connectivity index (χ2n) is 7.54. The zero-order chi connectivity index (χ0) is 22.3. The molecule has 0 saturated carbocycles. The Morgan fingerprint density at radius 2 is 1.90 bits per heavy atom. The van der Waals surface area contributed by atoms with E-state index < -0.39 is 29.6 Å². The molecule has 7 nitrogen and oxygen atoms in total. The predicted octanol–water partition coefficient (Wildman–Crippen LogP) is 2.64. The molecule has 1 aromatic heterocycles. The Morgan fingerprint density at radius 1 is 1.20 bits per heavy atom. The highest BCUT2D eigenvalue weighted by molar-refractivity contribution is 5.87. The average molecular weight is 416 g/mol. The first-order chi connectivity index (χ1) is 14.3. The number of carboxylic acids is 1. The monoisotopic (exact) mass is 416 g/mol. The lowest BCUT2D eigenvalue weighted by Crippen LogP contribution is -2.51. The average Bonchev–Trinajstić information content (AvgIpc) is 2.71. The third-order valence-corrected chi connectivity index (χ3v) is 5.12. The third kappa shape index (κ3) is 5.84. The van der Waals surface area contributed by atoms with Crippen molar-refractivity contribution in [3.8, 4) is 5.75 Å². The van der Waals surface area contributed by atoms with Crippen molar-refractivity contribution in [2.45, 2.75) is 78.4 Å². The Kier molecular flexibility index (Phi) is 8.45. The summed E-state index contributed by atoms with van der Waals surface area (Å²) in [5, 5.41) is 14.6. The van der Waals surface area contributed by atoms with Gasteiger partial charge in [-0.05, 0) is 50.8 Å². The van der Waals surface area contributed by atoms with Crippen molar-refractivity contribution < 1.29 is 23.8 Å². The molecule has 0 radical (unpaired) electrons. The molecule has 0 spiro atoms. The fourth-order valence-corrected chi connectivity index (χ4v) is 3.30. The predicted molar refractivity (Wildman–Crippen MR) is 112 cm³/mol. The molecule has 2 rings (SSSR count). The minimum Gasteiger partial charge on any atom is -0.548 e. The highest BCUT2D eigenvalue weighted by atomic mass is 16.5. The highest BCUT2D eigenvalue weighted by Crippen LogP contribution is 2.29. The van der Waals surface area contributed by atoms with E-state index in [0.29, 0.717) is 29.7 Å². The molecule has 30 heavy (non-hydrogen) atoms. The van der Waals surface area contributed by atoms with Crippen molar-refractivity contribution in [3.05, 3.63) is 39.7 Å². The van der Waals surface area contributed by atoms with Gasteiger partial charge in [-0.2, -0.15) is 0 Å². The highest BCUT2D eigenvalue weighted by Gasteiger charge is 2.21. The third-order valence-electron chi connectivity index (χ3n) is 5.12. The van der Waals surface area contributed by atoms with Crippen LogP contribution in [-0.4, -0.2) is 24.0 Å². The van der Waals surface area contributed by atoms with Crippen LogP contribution in [0.15, 0.2) is 27.4 Å². The number of amides is 1. The van der Waals surface area contributed by atoms with Gasteiger partial charge in [-0.1, -0.05) is 33.1 Å². The van der Waals surface area contributed by atoms with Crippen molar-refractivity contribution in [2.24, 2.45) is 0 Å². The van der Waals surface area contributed by atoms with Gasteiger partial charge in [-0.25, -0.2) is 4.79 Å². The van der Waals surface area contributed by atoms with Gasteiger partial charge in [0.05, 0.1) is 12.0 Å². The van der Waals surface area contributed by atoms with Gasteiger partial charge < -0.3 is 24.4 Å². The molecule has 1 aromatic carbocycles. The molecule has 1 heterocycles. The van der Waals surface area contributed by atoms with Crippen molar-refractivity contribution in [1.82, 2.24) is 5.32 Å². The van der Waals surface area contributed by atoms with Crippen LogP contribution in [0.4, 0.5) is 0 Å². The lowest BCUT2D eigenvalue weighted by Gasteiger charge is -2.23. The van der Waals surface area contributed by atoms with Crippen LogP contribution >= 0.6 is 0 Å². The number of nitrogens with one attached hydrogen (secondary N) is 1. The zero-order valence-corrected chi connectivity index (χ0v) is 18.1. The summed E-state index contributed by atoms with van der Waals surface area (Å²) >= 11 is 0. The molecule has 2 atom stereocenters. The molecule has 164 valence electrons. The van der Waals surface area contributed by atoms with E-state index in [1.165, 1.54) is 6.07 Å². The number of hydrogen-bond acceptors (Lipinski definition) is 6. The minimum absolute atomic E-state index is 0.304. The van der Waals surface area contributed by atoms with E-state index in [-0.39, 0.29) is 0 Å². The van der Waals surface area contributed by atoms with Gasteiger partial charge >= 0.3 is 5.63 Å². The van der Waals surface area contributed by atoms with Crippen LogP contribution in [0, 0.1) is 6.92 Å². The molecular weight excluding hydrogens is 386 g/mol. The van der Waals surface area contributed by atoms with Crippen LogP contribution in [0.25, 0.3) is 11.0 Å². The molecule has 2 aromatic rings. The number of aryl methyl sites for hydroxylation is 2. The number of carboxylic acid groups (broad SMARTS) is 1. The van der Waals surface area contributed by atoms with Crippen LogP contribution in [0.5, 0.6) is 5.75 Å². The maximum Gasteiger partial charge on any atom is 0.336 e. The normalized spacial score (nSPS) is 13.1. The van der Waals surface area contributed by atoms with Crippen LogP contribution < -0.4 is 20.8 Å². The Labute approximate surface area is 176 Å². The SMILES string of the molecule is CCCCc1cc(=O)oc2c(C)c(O[C@@H](C)C(=O)N[C@@H](CCCC)C(=O)[O-])ccc12. The van der Waals surface area contributed by atoms with E-state index in [0.717, 1.165) is 36.6 Å². The molecule has 0 aliphatic heterocycles. The molecule has 0 aliphatic carbocycles. The van der Waals surface area contributed by atoms with Gasteiger partial charge in [0.2, 0.25) is 0 Å². The van der Waals surface area contributed by atoms with Crippen LogP contribution in [0.1, 0.15) is 64.0 Å². The Bertz CT molecular complexity index is 949. The molecule has 0 unspecified atom stereocenters. The number of rotatable bonds is 11. The molecule has 0 saturated heterocycles. The molecular formula is C23H30NO6-. The van der Waals surface area contributed by atoms with E-state index in [9.17, 15) is 19.5 Å². The lowest BCUT2D eigenvalue weighted by molar-refractivity contribution is -0.308. The number of hydrogen-bond donors (Lipinski definition) is 1. The van der Waals surface area contributed by atoms with E-state index in [1.807, 2.05) is 13.0 Å². The fourth-order valence-electron chi connectivity index (χ4n) is 3.30. The Balaban J connectivity index is 2.22. The molecule has 1 amide bonds. The summed E-state index contributed by atoms with van der Waals surface area (Å²) in [5.41, 5.74) is 1.56. The summed E-state index contributed by atoms with van der Waals surface area (Å²) in [6, 6.07) is 4.02. The van der Waals surface area contributed by atoms with Gasteiger partial charge in [0.15, 0.2) is 6.10 Å². The number of carbonyl (C=O) groups excluding carboxylic acids is 2. The Hall–Kier alpha value is -2.83. The first-order valence-electron chi connectivity index (χ1n) is 10.5. The summed E-state index contributed by atoms with van der Waals surface area (Å²) < 4.78 is 11.2. The van der Waals surface area contributed by atoms with Crippen molar-refractivity contribution in [3.63, 3.8) is 0 Å². The maximum atomic E-state index is 12.4. The summed E-state index contributed by atoms with van der Waals surface area (Å²) in [6.45, 7) is 7.33. The smallest absolute Gasteiger partial charge is 0.336 e. The number of carbonyl (C=O) groups is 2. The fraction of sp³-hybridized carbons (Fsp3) is 0.522. The summed E-state index contributed by atoms with van der Waals surface area (Å²) in [5.74, 6) is -1.45. The largest absolute Gasteiger partial charge is 0.548 e. The second-order valence-corrected chi connectivity index (χ2v) is 7.54. The summed E-state index contributed by atoms with van der Waals surface area (Å²) in [4.78, 5) is 35.7. The number of ether oxygens (including phenoxy) is 1. The van der Waals surface area contributed by atoms with Crippen LogP contribution in [0.3, 0.4) is 0 Å². The van der Waals surface area contributed by atoms with Crippen molar-refractivity contribution >= 4 is 22.8 Å². The van der Waals surface area contributed by atoms with Crippen LogP contribution in [-0.2, 0) is 16.0 Å². The summed E-state index contributed by atoms with van der Waals surface area (Å²) in [7, 11) is 0. The quantitative estimate of drug-likeness (QED) is 0.564. The molecule has 0 aliphatic rings. The van der Waals surface area contributed by atoms with Crippen molar-refractivity contribution in [2.75, 3.05) is 0 Å². The van der Waals surface area contributed by atoms with Gasteiger partial charge in [0, 0.05) is 17.0 Å². The first kappa shape index (κ1) is 23.4. The van der Waals surface area contributed by atoms with Crippen molar-refractivity contribution in [1.29, 1.82) is 0 Å². The molecule has 1 N–H and O–H groups in total. The van der Waals surface area contributed by atoms with Gasteiger partial charge in [-0.15, -0.1) is 0 Å². The van der Waals surface area contributed by atoms with Crippen LogP contribution in [0.2, 0.25) is 0 Å². The topological polar surface area (TPSA) is 109 Å². The molecule has 0 bridgehead atoms. The van der Waals surface area contributed by atoms with E-state index in [1.54, 1.807) is 19.9 Å². The summed E-state index contributed by atoms with van der Waals surface area (Å²) in [6.07, 6.45) is 3.60. The van der Waals surface area contributed by atoms with E-state index in [4.69, 9.17) is 9.15 Å². The van der Waals surface area contributed by atoms with Gasteiger partial charge in [0.25, 0.3) is 5.91 Å². The first-order valence-corrected chi connectivity index (χ1v) is 10.5. The Morgan fingerprint density at radius 3 is 2.53 bits per heavy atom. The zero-order valence-electron chi connectivity index (χ0n) is 18.1. The molecule has 0 fully saturated rings. The van der Waals surface area contributed by atoms with E-state index in [2.05, 4.69) is 12.2 Å². The van der Waals surface area contributed by atoms with E-state index >= 15 is 0 Å². The standard InChI is InChI=1S/C23H31NO6/c1-5-7-9-16-13-20(25)30-21-14(3)19(12-11-17(16)21)29-15(4)22(26)24-18(23(27)28)10-8-6-2/h11-13,15,18H,5-10H2,1-4H3,(H,24,26)(H,27,28)/p-1/t15-,18-/m0/s1. The lowest BCUT2D eigenvalue weighted by atomic mass is 10.0.